The molecule has 0 unspecified atom stereocenters. The van der Waals surface area contributed by atoms with Crippen molar-refractivity contribution in [1.82, 2.24) is 4.90 Å². The number of para-hydroxylation sites is 2. The smallest absolute Gasteiger partial charge is 0.244 e. The number of fused-ring (bicyclic) bond motifs is 1. The third-order valence-electron chi connectivity index (χ3n) is 4.93. The molecule has 3 amide bonds. The number of amides is 3. The van der Waals surface area contributed by atoms with E-state index in [-0.39, 0.29) is 37.2 Å². The highest BCUT2D eigenvalue weighted by molar-refractivity contribution is 6.02. The van der Waals surface area contributed by atoms with Crippen LogP contribution in [-0.4, -0.2) is 29.2 Å². The van der Waals surface area contributed by atoms with Gasteiger partial charge in [-0.25, -0.2) is 0 Å². The lowest BCUT2D eigenvalue weighted by molar-refractivity contribution is -0.138. The van der Waals surface area contributed by atoms with E-state index >= 15 is 0 Å². The molecule has 3 aromatic rings. The summed E-state index contributed by atoms with van der Waals surface area (Å²) in [6, 6.07) is 19.7. The molecule has 0 radical (unpaired) electrons. The predicted molar refractivity (Wildman–Crippen MR) is 112 cm³/mol. The van der Waals surface area contributed by atoms with Crippen molar-refractivity contribution >= 4 is 29.1 Å². The molecule has 2 N–H and O–H groups in total. The first-order valence-corrected chi connectivity index (χ1v) is 9.65. The van der Waals surface area contributed by atoms with Crippen molar-refractivity contribution in [1.29, 1.82) is 0 Å². The van der Waals surface area contributed by atoms with Crippen LogP contribution in [0.25, 0.3) is 0 Å². The summed E-state index contributed by atoms with van der Waals surface area (Å²) in [4.78, 5) is 39.7. The number of rotatable bonds is 6. The van der Waals surface area contributed by atoms with Gasteiger partial charge in [-0.15, -0.1) is 0 Å². The van der Waals surface area contributed by atoms with Crippen LogP contribution in [0, 0.1) is 0 Å². The van der Waals surface area contributed by atoms with Crippen molar-refractivity contribution in [3.63, 3.8) is 0 Å². The van der Waals surface area contributed by atoms with Crippen LogP contribution in [0.4, 0.5) is 11.4 Å². The van der Waals surface area contributed by atoms with E-state index in [0.29, 0.717) is 17.1 Å². The van der Waals surface area contributed by atoms with E-state index in [2.05, 4.69) is 10.6 Å². The number of hydrogen-bond donors (Lipinski definition) is 2. The minimum atomic E-state index is -0.658. The van der Waals surface area contributed by atoms with Gasteiger partial charge >= 0.3 is 0 Å². The van der Waals surface area contributed by atoms with Crippen molar-refractivity contribution in [2.24, 2.45) is 0 Å². The lowest BCUT2D eigenvalue weighted by Gasteiger charge is -2.30. The minimum absolute atomic E-state index is 0.0325. The van der Waals surface area contributed by atoms with E-state index in [9.17, 15) is 14.4 Å². The molecule has 7 heteroatoms. The van der Waals surface area contributed by atoms with Crippen LogP contribution in [0.2, 0.25) is 0 Å². The summed E-state index contributed by atoms with van der Waals surface area (Å²) in [6.07, 6.45) is 1.55. The SMILES string of the molecule is O=C(CN(Cc1ccco1)C(=O)[C@H]1CC(=O)Nc2ccccc21)Nc1ccccc1. The predicted octanol–water partition coefficient (Wildman–Crippen LogP) is 3.37. The molecule has 7 nitrogen and oxygen atoms in total. The van der Waals surface area contributed by atoms with Crippen LogP contribution in [0.15, 0.2) is 77.4 Å². The van der Waals surface area contributed by atoms with Crippen molar-refractivity contribution in [2.45, 2.75) is 18.9 Å². The van der Waals surface area contributed by atoms with Crippen LogP contribution >= 0.6 is 0 Å². The fourth-order valence-electron chi connectivity index (χ4n) is 3.55. The Balaban J connectivity index is 1.57. The Labute approximate surface area is 173 Å². The zero-order valence-electron chi connectivity index (χ0n) is 16.2. The van der Waals surface area contributed by atoms with Gasteiger partial charge < -0.3 is 20.0 Å². The Morgan fingerprint density at radius 1 is 1.03 bits per heavy atom. The molecule has 1 aliphatic rings. The number of hydrogen-bond acceptors (Lipinski definition) is 4. The average molecular weight is 403 g/mol. The monoisotopic (exact) mass is 403 g/mol. The molecular formula is C23H21N3O4. The molecule has 152 valence electrons. The second-order valence-electron chi connectivity index (χ2n) is 7.08. The number of anilines is 2. The Kier molecular flexibility index (Phi) is 5.61. The van der Waals surface area contributed by atoms with Gasteiger partial charge in [0.2, 0.25) is 17.7 Å². The first-order chi connectivity index (χ1) is 14.6. The highest BCUT2D eigenvalue weighted by Gasteiger charge is 2.34. The van der Waals surface area contributed by atoms with Crippen LogP contribution in [0.5, 0.6) is 0 Å². The van der Waals surface area contributed by atoms with E-state index in [1.807, 2.05) is 30.3 Å². The Bertz CT molecular complexity index is 1050. The molecule has 1 aromatic heterocycles. The third-order valence-corrected chi connectivity index (χ3v) is 4.93. The van der Waals surface area contributed by atoms with Crippen LogP contribution < -0.4 is 10.6 Å². The first-order valence-electron chi connectivity index (χ1n) is 9.65. The molecule has 0 saturated carbocycles. The summed E-state index contributed by atoms with van der Waals surface area (Å²) in [5.41, 5.74) is 2.02. The molecule has 4 rings (SSSR count). The molecular weight excluding hydrogens is 382 g/mol. The van der Waals surface area contributed by atoms with Crippen LogP contribution in [-0.2, 0) is 20.9 Å². The lowest BCUT2D eigenvalue weighted by atomic mass is 9.89. The Morgan fingerprint density at radius 2 is 1.80 bits per heavy atom. The maximum Gasteiger partial charge on any atom is 0.244 e. The molecule has 0 saturated heterocycles. The summed E-state index contributed by atoms with van der Waals surface area (Å²) in [5, 5.41) is 5.59. The molecule has 30 heavy (non-hydrogen) atoms. The minimum Gasteiger partial charge on any atom is -0.467 e. The molecule has 1 aliphatic heterocycles. The number of carbonyl (C=O) groups excluding carboxylic acids is 3. The summed E-state index contributed by atoms with van der Waals surface area (Å²) in [6.45, 7) is -0.0248. The van der Waals surface area contributed by atoms with Gasteiger partial charge in [-0.2, -0.15) is 0 Å². The number of carbonyl (C=O) groups is 3. The molecule has 0 aliphatic carbocycles. The van der Waals surface area contributed by atoms with Crippen molar-refractivity contribution < 1.29 is 18.8 Å². The normalized spacial score (nSPS) is 15.1. The fourth-order valence-corrected chi connectivity index (χ4v) is 3.55. The number of nitrogens with zero attached hydrogens (tertiary/aromatic N) is 1. The van der Waals surface area contributed by atoms with Crippen molar-refractivity contribution in [3.8, 4) is 0 Å². The van der Waals surface area contributed by atoms with Gasteiger partial charge in [0.05, 0.1) is 18.7 Å². The Morgan fingerprint density at radius 3 is 2.57 bits per heavy atom. The Hall–Kier alpha value is -3.87. The maximum absolute atomic E-state index is 13.4. The quantitative estimate of drug-likeness (QED) is 0.660. The zero-order chi connectivity index (χ0) is 20.9. The maximum atomic E-state index is 13.4. The van der Waals surface area contributed by atoms with Gasteiger partial charge in [0.25, 0.3) is 0 Å². The van der Waals surface area contributed by atoms with Gasteiger partial charge in [0, 0.05) is 17.8 Å². The van der Waals surface area contributed by atoms with Crippen molar-refractivity contribution in [3.05, 3.63) is 84.3 Å². The molecule has 1 atom stereocenters. The first kappa shape index (κ1) is 19.4. The summed E-state index contributed by atoms with van der Waals surface area (Å²) in [5.74, 6) is -0.941. The highest BCUT2D eigenvalue weighted by Crippen LogP contribution is 2.33. The molecule has 0 spiro atoms. The highest BCUT2D eigenvalue weighted by atomic mass is 16.3. The summed E-state index contributed by atoms with van der Waals surface area (Å²) < 4.78 is 5.39. The number of benzene rings is 2. The molecule has 2 aromatic carbocycles. The standard InChI is InChI=1S/C23H21N3O4/c27-21-13-19(18-10-4-5-11-20(18)25-21)23(29)26(14-17-9-6-12-30-17)15-22(28)24-16-7-2-1-3-8-16/h1-12,19H,13-15H2,(H,24,28)(H,25,27)/t19-/m0/s1. The number of furan rings is 1. The van der Waals surface area contributed by atoms with Gasteiger partial charge in [0.1, 0.15) is 12.3 Å². The molecule has 0 fully saturated rings. The second kappa shape index (κ2) is 8.65. The lowest BCUT2D eigenvalue weighted by Crippen LogP contribution is -2.42. The molecule has 2 heterocycles. The van der Waals surface area contributed by atoms with Crippen LogP contribution in [0.3, 0.4) is 0 Å². The summed E-state index contributed by atoms with van der Waals surface area (Å²) in [7, 11) is 0. The topological polar surface area (TPSA) is 91.7 Å². The average Bonchev–Trinajstić information content (AvgIpc) is 3.26. The van der Waals surface area contributed by atoms with Gasteiger partial charge in [0.15, 0.2) is 0 Å². The largest absolute Gasteiger partial charge is 0.467 e. The van der Waals surface area contributed by atoms with E-state index in [1.54, 1.807) is 36.4 Å². The zero-order valence-corrected chi connectivity index (χ0v) is 16.2. The second-order valence-corrected chi connectivity index (χ2v) is 7.08. The third kappa shape index (κ3) is 4.41. The van der Waals surface area contributed by atoms with Crippen LogP contribution in [0.1, 0.15) is 23.7 Å². The van der Waals surface area contributed by atoms with E-state index in [4.69, 9.17) is 4.42 Å². The van der Waals surface area contributed by atoms with Gasteiger partial charge in [-0.05, 0) is 35.9 Å². The molecule has 0 bridgehead atoms. The van der Waals surface area contributed by atoms with Gasteiger partial charge in [-0.1, -0.05) is 36.4 Å². The summed E-state index contributed by atoms with van der Waals surface area (Å²) >= 11 is 0. The van der Waals surface area contributed by atoms with Gasteiger partial charge in [-0.3, -0.25) is 14.4 Å². The number of nitrogens with one attached hydrogen (secondary N) is 2. The fraction of sp³-hybridized carbons (Fsp3) is 0.174. The van der Waals surface area contributed by atoms with E-state index in [0.717, 1.165) is 5.56 Å². The van der Waals surface area contributed by atoms with E-state index < -0.39 is 5.92 Å². The van der Waals surface area contributed by atoms with E-state index in [1.165, 1.54) is 11.2 Å². The van der Waals surface area contributed by atoms with Crippen molar-refractivity contribution in [2.75, 3.05) is 17.2 Å².